The third-order valence-electron chi connectivity index (χ3n) is 1.78. The van der Waals surface area contributed by atoms with E-state index in [4.69, 9.17) is 0 Å². The first-order valence-corrected chi connectivity index (χ1v) is 3.92. The molecule has 0 saturated heterocycles. The van der Waals surface area contributed by atoms with Crippen molar-refractivity contribution < 1.29 is 0 Å². The quantitative estimate of drug-likeness (QED) is 0.664. The molecule has 4 heteroatoms. The van der Waals surface area contributed by atoms with Crippen LogP contribution in [-0.2, 0) is 0 Å². The van der Waals surface area contributed by atoms with Gasteiger partial charge in [0.1, 0.15) is 6.04 Å². The summed E-state index contributed by atoms with van der Waals surface area (Å²) in [5, 5.41) is 3.91. The highest BCUT2D eigenvalue weighted by Gasteiger charge is 2.15. The zero-order chi connectivity index (χ0) is 8.39. The molecule has 0 saturated carbocycles. The number of rotatable bonds is 1. The minimum Gasteiger partial charge on any atom is -0.299 e. The Morgan fingerprint density at radius 3 is 2.75 bits per heavy atom. The normalized spacial score (nSPS) is 20.9. The summed E-state index contributed by atoms with van der Waals surface area (Å²) < 4.78 is 0. The van der Waals surface area contributed by atoms with E-state index in [1.807, 2.05) is 25.5 Å². The number of nitrogens with one attached hydrogen (secondary N) is 1. The Bertz CT molecular complexity index is 282. The van der Waals surface area contributed by atoms with E-state index < -0.39 is 0 Å². The maximum Gasteiger partial charge on any atom is 0.152 e. The lowest BCUT2D eigenvalue weighted by atomic mass is 10.2. The number of hydrogen-bond acceptors (Lipinski definition) is 4. The van der Waals surface area contributed by atoms with Crippen molar-refractivity contribution in [3.8, 4) is 0 Å². The second-order valence-corrected chi connectivity index (χ2v) is 2.85. The van der Waals surface area contributed by atoms with Gasteiger partial charge >= 0.3 is 0 Å². The number of hydrogen-bond donors (Lipinski definition) is 1. The van der Waals surface area contributed by atoms with Gasteiger partial charge in [-0.3, -0.25) is 5.43 Å². The van der Waals surface area contributed by atoms with Crippen molar-refractivity contribution in [2.75, 3.05) is 0 Å². The summed E-state index contributed by atoms with van der Waals surface area (Å²) in [6.45, 7) is 1.97. The van der Waals surface area contributed by atoms with Gasteiger partial charge in [0.2, 0.25) is 0 Å². The Balaban J connectivity index is 2.18. The van der Waals surface area contributed by atoms with Crippen LogP contribution in [0, 0.1) is 6.92 Å². The van der Waals surface area contributed by atoms with Crippen molar-refractivity contribution >= 4 is 6.21 Å². The molecule has 1 N–H and O–H groups in total. The van der Waals surface area contributed by atoms with Crippen LogP contribution >= 0.6 is 0 Å². The monoisotopic (exact) mass is 162 g/mol. The maximum absolute atomic E-state index is 4.21. The largest absolute Gasteiger partial charge is 0.299 e. The predicted octanol–water partition coefficient (Wildman–Crippen LogP) is 0.805. The highest BCUT2D eigenvalue weighted by atomic mass is 15.3. The molecule has 1 aliphatic heterocycles. The summed E-state index contributed by atoms with van der Waals surface area (Å²) >= 11 is 0. The first-order valence-electron chi connectivity index (χ1n) is 3.92. The minimum absolute atomic E-state index is 0.172. The van der Waals surface area contributed by atoms with Gasteiger partial charge < -0.3 is 0 Å². The van der Waals surface area contributed by atoms with Crippen LogP contribution in [0.2, 0.25) is 0 Å². The molecule has 0 aromatic carbocycles. The van der Waals surface area contributed by atoms with Crippen LogP contribution in [0.25, 0.3) is 0 Å². The van der Waals surface area contributed by atoms with Gasteiger partial charge in [0.05, 0.1) is 0 Å². The zero-order valence-corrected chi connectivity index (χ0v) is 6.86. The number of aromatic nitrogens is 2. The van der Waals surface area contributed by atoms with Gasteiger partial charge in [-0.05, 0) is 12.5 Å². The average Bonchev–Trinajstić information content (AvgIpc) is 2.58. The molecule has 1 atom stereocenters. The fourth-order valence-electron chi connectivity index (χ4n) is 1.10. The molecule has 0 radical (unpaired) electrons. The number of aryl methyl sites for hydroxylation is 1. The average molecular weight is 162 g/mol. The van der Waals surface area contributed by atoms with Crippen LogP contribution in [0.1, 0.15) is 23.9 Å². The van der Waals surface area contributed by atoms with Gasteiger partial charge in [-0.25, -0.2) is 9.97 Å². The molecule has 0 spiro atoms. The predicted molar refractivity (Wildman–Crippen MR) is 45.8 cm³/mol. The van der Waals surface area contributed by atoms with Gasteiger partial charge in [-0.2, -0.15) is 5.10 Å². The lowest BCUT2D eigenvalue weighted by Crippen LogP contribution is -2.13. The molecule has 62 valence electrons. The summed E-state index contributed by atoms with van der Waals surface area (Å²) in [7, 11) is 0. The Morgan fingerprint density at radius 2 is 2.17 bits per heavy atom. The van der Waals surface area contributed by atoms with Gasteiger partial charge in [-0.1, -0.05) is 0 Å². The van der Waals surface area contributed by atoms with E-state index in [1.165, 1.54) is 0 Å². The molecule has 0 aliphatic carbocycles. The molecule has 4 nitrogen and oxygen atoms in total. The van der Waals surface area contributed by atoms with Crippen molar-refractivity contribution in [2.45, 2.75) is 19.4 Å². The minimum atomic E-state index is 0.172. The number of hydrazone groups is 1. The lowest BCUT2D eigenvalue weighted by molar-refractivity contribution is 0.582. The first-order chi connectivity index (χ1) is 5.86. The maximum atomic E-state index is 4.21. The summed E-state index contributed by atoms with van der Waals surface area (Å²) in [6, 6.07) is 0.172. The van der Waals surface area contributed by atoms with Crippen LogP contribution in [0.3, 0.4) is 0 Å². The molecule has 0 fully saturated rings. The highest BCUT2D eigenvalue weighted by molar-refractivity contribution is 5.60. The Labute approximate surface area is 70.7 Å². The summed E-state index contributed by atoms with van der Waals surface area (Å²) in [5.74, 6) is 0.818. The smallest absolute Gasteiger partial charge is 0.152 e. The molecule has 1 aliphatic rings. The van der Waals surface area contributed by atoms with Gasteiger partial charge in [0.15, 0.2) is 5.82 Å². The second-order valence-electron chi connectivity index (χ2n) is 2.85. The van der Waals surface area contributed by atoms with E-state index in [1.54, 1.807) is 0 Å². The third kappa shape index (κ3) is 1.28. The molecule has 2 heterocycles. The van der Waals surface area contributed by atoms with Crippen molar-refractivity contribution in [2.24, 2.45) is 5.10 Å². The SMILES string of the molecule is Cc1cnc(C2CC=NN2)nc1. The zero-order valence-electron chi connectivity index (χ0n) is 6.86. The third-order valence-corrected chi connectivity index (χ3v) is 1.78. The van der Waals surface area contributed by atoms with Crippen molar-refractivity contribution in [1.29, 1.82) is 0 Å². The van der Waals surface area contributed by atoms with Crippen LogP contribution in [0.4, 0.5) is 0 Å². The summed E-state index contributed by atoms with van der Waals surface area (Å²) in [4.78, 5) is 8.41. The molecule has 1 aromatic rings. The highest BCUT2D eigenvalue weighted by Crippen LogP contribution is 2.13. The standard InChI is InChI=1S/C8H10N4/c1-6-4-9-8(10-5-6)7-2-3-11-12-7/h3-5,7,12H,2H2,1H3. The topological polar surface area (TPSA) is 50.2 Å². The second kappa shape index (κ2) is 2.89. The van der Waals surface area contributed by atoms with Gasteiger partial charge in [0, 0.05) is 25.0 Å². The summed E-state index contributed by atoms with van der Waals surface area (Å²) in [5.41, 5.74) is 4.02. The van der Waals surface area contributed by atoms with Crippen LogP contribution in [-0.4, -0.2) is 16.2 Å². The molecule has 12 heavy (non-hydrogen) atoms. The molecule has 0 bridgehead atoms. The fraction of sp³-hybridized carbons (Fsp3) is 0.375. The fourth-order valence-corrected chi connectivity index (χ4v) is 1.10. The molecule has 0 amide bonds. The van der Waals surface area contributed by atoms with Crippen molar-refractivity contribution in [1.82, 2.24) is 15.4 Å². The van der Waals surface area contributed by atoms with E-state index in [-0.39, 0.29) is 6.04 Å². The molecule has 2 rings (SSSR count). The van der Waals surface area contributed by atoms with E-state index in [0.29, 0.717) is 0 Å². The first kappa shape index (κ1) is 7.21. The molecule has 1 aromatic heterocycles. The Kier molecular flexibility index (Phi) is 1.74. The molecular weight excluding hydrogens is 152 g/mol. The Hall–Kier alpha value is -1.45. The van der Waals surface area contributed by atoms with E-state index in [2.05, 4.69) is 20.5 Å². The van der Waals surface area contributed by atoms with Crippen molar-refractivity contribution in [3.05, 3.63) is 23.8 Å². The van der Waals surface area contributed by atoms with E-state index in [9.17, 15) is 0 Å². The van der Waals surface area contributed by atoms with Crippen LogP contribution in [0.15, 0.2) is 17.5 Å². The Morgan fingerprint density at radius 1 is 1.42 bits per heavy atom. The van der Waals surface area contributed by atoms with Gasteiger partial charge in [0.25, 0.3) is 0 Å². The van der Waals surface area contributed by atoms with E-state index in [0.717, 1.165) is 17.8 Å². The van der Waals surface area contributed by atoms with Crippen LogP contribution in [0.5, 0.6) is 0 Å². The number of nitrogens with zero attached hydrogens (tertiary/aromatic N) is 3. The van der Waals surface area contributed by atoms with Crippen LogP contribution < -0.4 is 5.43 Å². The molecular formula is C8H10N4. The molecule has 1 unspecified atom stereocenters. The van der Waals surface area contributed by atoms with Crippen molar-refractivity contribution in [3.63, 3.8) is 0 Å². The van der Waals surface area contributed by atoms with Gasteiger partial charge in [-0.15, -0.1) is 0 Å². The van der Waals surface area contributed by atoms with E-state index >= 15 is 0 Å². The lowest BCUT2D eigenvalue weighted by Gasteiger charge is -2.06. The summed E-state index contributed by atoms with van der Waals surface area (Å²) in [6.07, 6.45) is 6.36.